The monoisotopic (exact) mass is 377 g/mol. The minimum Gasteiger partial charge on any atom is -0.444 e. The molecule has 1 atom stereocenters. The van der Waals surface area contributed by atoms with Crippen LogP contribution in [0.25, 0.3) is 5.69 Å². The number of hydrogen-bond acceptors (Lipinski definition) is 6. The SMILES string of the molecule is O=C(O[C@@H](C(=O)N1CCCC1)c1ccccc1)c1ccc(-n2cnnn2)cc1. The van der Waals surface area contributed by atoms with Crippen molar-refractivity contribution in [3.8, 4) is 5.69 Å². The Morgan fingerprint density at radius 2 is 1.68 bits per heavy atom. The van der Waals surface area contributed by atoms with E-state index in [1.165, 1.54) is 11.0 Å². The van der Waals surface area contributed by atoms with Gasteiger partial charge in [-0.1, -0.05) is 30.3 Å². The average Bonchev–Trinajstić information content (AvgIpc) is 3.46. The minimum absolute atomic E-state index is 0.178. The lowest BCUT2D eigenvalue weighted by molar-refractivity contribution is -0.140. The second-order valence-corrected chi connectivity index (χ2v) is 6.53. The van der Waals surface area contributed by atoms with E-state index in [1.807, 2.05) is 18.2 Å². The maximum Gasteiger partial charge on any atom is 0.339 e. The zero-order valence-corrected chi connectivity index (χ0v) is 15.1. The van der Waals surface area contributed by atoms with Crippen molar-refractivity contribution >= 4 is 11.9 Å². The van der Waals surface area contributed by atoms with Gasteiger partial charge in [0.25, 0.3) is 5.91 Å². The highest BCUT2D eigenvalue weighted by atomic mass is 16.5. The molecule has 0 radical (unpaired) electrons. The fraction of sp³-hybridized carbons (Fsp3) is 0.250. The van der Waals surface area contributed by atoms with Crippen molar-refractivity contribution in [2.75, 3.05) is 13.1 Å². The third kappa shape index (κ3) is 3.75. The van der Waals surface area contributed by atoms with Crippen molar-refractivity contribution in [1.29, 1.82) is 0 Å². The molecule has 0 bridgehead atoms. The Balaban J connectivity index is 1.54. The van der Waals surface area contributed by atoms with Crippen LogP contribution >= 0.6 is 0 Å². The molecule has 1 fully saturated rings. The van der Waals surface area contributed by atoms with Crippen molar-refractivity contribution in [3.63, 3.8) is 0 Å². The molecule has 0 spiro atoms. The number of carbonyl (C=O) groups is 2. The zero-order chi connectivity index (χ0) is 19.3. The highest BCUT2D eigenvalue weighted by Gasteiger charge is 2.31. The molecule has 1 aromatic heterocycles. The molecule has 2 heterocycles. The van der Waals surface area contributed by atoms with Crippen LogP contribution in [-0.4, -0.2) is 50.1 Å². The van der Waals surface area contributed by atoms with E-state index in [4.69, 9.17) is 4.74 Å². The van der Waals surface area contributed by atoms with Crippen LogP contribution in [0.3, 0.4) is 0 Å². The number of rotatable bonds is 5. The molecular formula is C20H19N5O3. The molecule has 1 amide bonds. The molecule has 3 aromatic rings. The van der Waals surface area contributed by atoms with E-state index in [-0.39, 0.29) is 5.91 Å². The predicted molar refractivity (Wildman–Crippen MR) is 99.6 cm³/mol. The zero-order valence-electron chi connectivity index (χ0n) is 15.1. The molecule has 1 aliphatic rings. The number of hydrogen-bond donors (Lipinski definition) is 0. The largest absolute Gasteiger partial charge is 0.444 e. The Bertz CT molecular complexity index is 936. The molecule has 8 nitrogen and oxygen atoms in total. The van der Waals surface area contributed by atoms with Crippen LogP contribution in [0.1, 0.15) is 34.9 Å². The number of nitrogens with zero attached hydrogens (tertiary/aromatic N) is 5. The lowest BCUT2D eigenvalue weighted by Gasteiger charge is -2.23. The number of amides is 1. The first-order valence-corrected chi connectivity index (χ1v) is 9.10. The van der Waals surface area contributed by atoms with Crippen LogP contribution in [0.15, 0.2) is 60.9 Å². The Morgan fingerprint density at radius 1 is 0.964 bits per heavy atom. The molecule has 1 aliphatic heterocycles. The predicted octanol–water partition coefficient (Wildman–Crippen LogP) is 2.18. The summed E-state index contributed by atoms with van der Waals surface area (Å²) in [6.45, 7) is 1.39. The molecule has 28 heavy (non-hydrogen) atoms. The summed E-state index contributed by atoms with van der Waals surface area (Å²) < 4.78 is 7.14. The Hall–Kier alpha value is -3.55. The van der Waals surface area contributed by atoms with Crippen LogP contribution in [0.2, 0.25) is 0 Å². The van der Waals surface area contributed by atoms with Crippen LogP contribution in [0.4, 0.5) is 0 Å². The summed E-state index contributed by atoms with van der Waals surface area (Å²) in [5.41, 5.74) is 1.74. The fourth-order valence-corrected chi connectivity index (χ4v) is 3.20. The van der Waals surface area contributed by atoms with E-state index in [2.05, 4.69) is 15.5 Å². The van der Waals surface area contributed by atoms with Gasteiger partial charge in [-0.2, -0.15) is 0 Å². The van der Waals surface area contributed by atoms with Gasteiger partial charge in [0.05, 0.1) is 11.3 Å². The smallest absolute Gasteiger partial charge is 0.339 e. The fourth-order valence-electron chi connectivity index (χ4n) is 3.20. The second kappa shape index (κ2) is 7.99. The minimum atomic E-state index is -0.953. The Kier molecular flexibility index (Phi) is 5.09. The first-order valence-electron chi connectivity index (χ1n) is 9.10. The number of benzene rings is 2. The number of tetrazole rings is 1. The van der Waals surface area contributed by atoms with Gasteiger partial charge in [-0.3, -0.25) is 4.79 Å². The molecule has 2 aromatic carbocycles. The van der Waals surface area contributed by atoms with Crippen molar-refractivity contribution in [1.82, 2.24) is 25.1 Å². The summed E-state index contributed by atoms with van der Waals surface area (Å²) in [5.74, 6) is -0.730. The maximum absolute atomic E-state index is 12.9. The van der Waals surface area contributed by atoms with Gasteiger partial charge in [0.2, 0.25) is 6.10 Å². The van der Waals surface area contributed by atoms with Gasteiger partial charge in [0.1, 0.15) is 6.33 Å². The number of ether oxygens (including phenoxy) is 1. The van der Waals surface area contributed by atoms with Gasteiger partial charge in [0, 0.05) is 18.7 Å². The molecule has 1 saturated heterocycles. The maximum atomic E-state index is 12.9. The van der Waals surface area contributed by atoms with E-state index >= 15 is 0 Å². The van der Waals surface area contributed by atoms with Gasteiger partial charge in [-0.05, 0) is 47.5 Å². The first-order chi connectivity index (χ1) is 13.7. The Labute approximate surface area is 161 Å². The van der Waals surface area contributed by atoms with Crippen LogP contribution in [0.5, 0.6) is 0 Å². The molecular weight excluding hydrogens is 358 g/mol. The van der Waals surface area contributed by atoms with E-state index in [1.54, 1.807) is 41.3 Å². The van der Waals surface area contributed by atoms with Crippen molar-refractivity contribution in [3.05, 3.63) is 72.1 Å². The lowest BCUT2D eigenvalue weighted by Crippen LogP contribution is -2.34. The van der Waals surface area contributed by atoms with Gasteiger partial charge in [0.15, 0.2) is 0 Å². The third-order valence-electron chi connectivity index (χ3n) is 4.69. The highest BCUT2D eigenvalue weighted by Crippen LogP contribution is 2.24. The van der Waals surface area contributed by atoms with Crippen molar-refractivity contribution < 1.29 is 14.3 Å². The summed E-state index contributed by atoms with van der Waals surface area (Å²) in [6, 6.07) is 15.8. The summed E-state index contributed by atoms with van der Waals surface area (Å²) >= 11 is 0. The molecule has 0 saturated carbocycles. The van der Waals surface area contributed by atoms with E-state index in [9.17, 15) is 9.59 Å². The van der Waals surface area contributed by atoms with E-state index in [0.29, 0.717) is 29.9 Å². The summed E-state index contributed by atoms with van der Waals surface area (Å²) in [4.78, 5) is 27.4. The number of esters is 1. The second-order valence-electron chi connectivity index (χ2n) is 6.53. The van der Waals surface area contributed by atoms with Crippen molar-refractivity contribution in [2.24, 2.45) is 0 Å². The first kappa shape index (κ1) is 17.8. The van der Waals surface area contributed by atoms with Crippen molar-refractivity contribution in [2.45, 2.75) is 18.9 Å². The van der Waals surface area contributed by atoms with E-state index < -0.39 is 12.1 Å². The molecule has 8 heteroatoms. The number of aromatic nitrogens is 4. The summed E-state index contributed by atoms with van der Waals surface area (Å²) in [6.07, 6.45) is 2.46. The molecule has 4 rings (SSSR count). The third-order valence-corrected chi connectivity index (χ3v) is 4.69. The van der Waals surface area contributed by atoms with Crippen LogP contribution in [-0.2, 0) is 9.53 Å². The molecule has 0 aliphatic carbocycles. The normalized spacial score (nSPS) is 14.6. The lowest BCUT2D eigenvalue weighted by atomic mass is 10.1. The van der Waals surface area contributed by atoms with Crippen LogP contribution in [0, 0.1) is 0 Å². The number of likely N-dealkylation sites (tertiary alicyclic amines) is 1. The topological polar surface area (TPSA) is 90.2 Å². The summed E-state index contributed by atoms with van der Waals surface area (Å²) in [7, 11) is 0. The number of carbonyl (C=O) groups excluding carboxylic acids is 2. The van der Waals surface area contributed by atoms with Gasteiger partial charge >= 0.3 is 5.97 Å². The van der Waals surface area contributed by atoms with Gasteiger partial charge < -0.3 is 9.64 Å². The summed E-state index contributed by atoms with van der Waals surface area (Å²) in [5, 5.41) is 11.0. The quantitative estimate of drug-likeness (QED) is 0.633. The highest BCUT2D eigenvalue weighted by molar-refractivity contribution is 5.93. The van der Waals surface area contributed by atoms with E-state index in [0.717, 1.165) is 12.8 Å². The van der Waals surface area contributed by atoms with Crippen LogP contribution < -0.4 is 0 Å². The van der Waals surface area contributed by atoms with Gasteiger partial charge in [-0.25, -0.2) is 9.48 Å². The molecule has 142 valence electrons. The van der Waals surface area contributed by atoms with Gasteiger partial charge in [-0.15, -0.1) is 5.10 Å². The Morgan fingerprint density at radius 3 is 2.32 bits per heavy atom. The standard InChI is InChI=1S/C20H19N5O3/c26-19(24-12-4-5-13-24)18(15-6-2-1-3-7-15)28-20(27)16-8-10-17(11-9-16)25-14-21-22-23-25/h1-3,6-11,14,18H,4-5,12-13H2/t18-/m1/s1. The molecule has 0 N–H and O–H groups in total. The average molecular weight is 377 g/mol. The molecule has 0 unspecified atom stereocenters.